The Morgan fingerprint density at radius 2 is 1.62 bits per heavy atom. The summed E-state index contributed by atoms with van der Waals surface area (Å²) in [6, 6.07) is 13.7. The molecular formula is C22H27N3O4. The number of rotatable bonds is 6. The van der Waals surface area contributed by atoms with Crippen molar-refractivity contribution in [2.75, 3.05) is 6.54 Å². The molecule has 0 aliphatic rings. The second-order valence-corrected chi connectivity index (χ2v) is 7.91. The topological polar surface area (TPSA) is 98.7 Å². The van der Waals surface area contributed by atoms with Crippen molar-refractivity contribution in [3.8, 4) is 0 Å². The van der Waals surface area contributed by atoms with Crippen LogP contribution in [-0.2, 0) is 11.3 Å². The molecule has 154 valence electrons. The van der Waals surface area contributed by atoms with Crippen molar-refractivity contribution in [2.45, 2.75) is 39.8 Å². The fourth-order valence-electron chi connectivity index (χ4n) is 2.86. The minimum Gasteiger partial charge on any atom is -0.350 e. The summed E-state index contributed by atoms with van der Waals surface area (Å²) < 4.78 is 0. The minimum absolute atomic E-state index is 0.0939. The average Bonchev–Trinajstić information content (AvgIpc) is 2.66. The van der Waals surface area contributed by atoms with Gasteiger partial charge in [-0.1, -0.05) is 30.3 Å². The normalized spacial score (nSPS) is 10.9. The summed E-state index contributed by atoms with van der Waals surface area (Å²) in [5.41, 5.74) is 3.58. The fraction of sp³-hybridized carbons (Fsp3) is 0.318. The van der Waals surface area contributed by atoms with E-state index < -0.39 is 11.4 Å². The summed E-state index contributed by atoms with van der Waals surface area (Å²) in [7, 11) is 0. The number of aryl methyl sites for hydroxylation is 1. The summed E-state index contributed by atoms with van der Waals surface area (Å²) in [5.74, 6) is -1.12. The van der Waals surface area contributed by atoms with Crippen molar-refractivity contribution in [3.05, 3.63) is 70.8 Å². The van der Waals surface area contributed by atoms with Gasteiger partial charge in [0.05, 0.1) is 0 Å². The molecular weight excluding hydrogens is 370 g/mol. The van der Waals surface area contributed by atoms with Crippen molar-refractivity contribution < 1.29 is 19.6 Å². The molecule has 0 heterocycles. The summed E-state index contributed by atoms with van der Waals surface area (Å²) in [6.07, 6.45) is 0. The van der Waals surface area contributed by atoms with E-state index in [0.29, 0.717) is 11.1 Å². The molecule has 0 aliphatic carbocycles. The first-order chi connectivity index (χ1) is 13.6. The van der Waals surface area contributed by atoms with Gasteiger partial charge < -0.3 is 10.2 Å². The van der Waals surface area contributed by atoms with Crippen molar-refractivity contribution in [1.29, 1.82) is 0 Å². The van der Waals surface area contributed by atoms with E-state index in [1.165, 1.54) is 4.90 Å². The standard InChI is InChI=1S/C22H27N3O4/c1-15-7-5-6-8-18(15)21(28)25(14-19(26)23-22(2,3)4)13-16-9-11-17(12-10-16)20(27)24-29/h5-12,29H,13-14H2,1-4H3,(H,23,26)(H,24,27). The zero-order chi connectivity index (χ0) is 21.6. The molecule has 7 heteroatoms. The molecule has 0 spiro atoms. The fourth-order valence-corrected chi connectivity index (χ4v) is 2.86. The number of amides is 3. The van der Waals surface area contributed by atoms with E-state index in [4.69, 9.17) is 5.21 Å². The molecule has 0 radical (unpaired) electrons. The molecule has 0 unspecified atom stereocenters. The SMILES string of the molecule is Cc1ccccc1C(=O)N(CC(=O)NC(C)(C)C)Cc1ccc(C(=O)NO)cc1. The Hall–Kier alpha value is -3.19. The first kappa shape index (κ1) is 22.1. The first-order valence-electron chi connectivity index (χ1n) is 9.30. The van der Waals surface area contributed by atoms with Crippen LogP contribution in [0.3, 0.4) is 0 Å². The van der Waals surface area contributed by atoms with E-state index in [9.17, 15) is 14.4 Å². The van der Waals surface area contributed by atoms with Gasteiger partial charge in [0, 0.05) is 23.2 Å². The molecule has 3 amide bonds. The number of carbonyl (C=O) groups is 3. The third kappa shape index (κ3) is 6.43. The molecule has 2 aromatic rings. The predicted octanol–water partition coefficient (Wildman–Crippen LogP) is 2.67. The third-order valence-corrected chi connectivity index (χ3v) is 4.20. The van der Waals surface area contributed by atoms with Gasteiger partial charge in [0.2, 0.25) is 5.91 Å². The van der Waals surface area contributed by atoms with Crippen molar-refractivity contribution in [2.24, 2.45) is 0 Å². The maximum Gasteiger partial charge on any atom is 0.274 e. The maximum atomic E-state index is 13.1. The second-order valence-electron chi connectivity index (χ2n) is 7.91. The predicted molar refractivity (Wildman–Crippen MR) is 110 cm³/mol. The lowest BCUT2D eigenvalue weighted by molar-refractivity contribution is -0.123. The van der Waals surface area contributed by atoms with Crippen LogP contribution in [0.1, 0.15) is 52.6 Å². The van der Waals surface area contributed by atoms with Crippen LogP contribution in [-0.4, -0.2) is 39.9 Å². The van der Waals surface area contributed by atoms with E-state index >= 15 is 0 Å². The molecule has 0 aromatic heterocycles. The lowest BCUT2D eigenvalue weighted by Gasteiger charge is -2.26. The number of hydroxylamine groups is 1. The summed E-state index contributed by atoms with van der Waals surface area (Å²) in [6.45, 7) is 7.59. The Kier molecular flexibility index (Phi) is 7.12. The van der Waals surface area contributed by atoms with Crippen LogP contribution in [0.4, 0.5) is 0 Å². The largest absolute Gasteiger partial charge is 0.350 e. The van der Waals surface area contributed by atoms with Gasteiger partial charge in [-0.2, -0.15) is 0 Å². The molecule has 29 heavy (non-hydrogen) atoms. The van der Waals surface area contributed by atoms with Crippen LogP contribution in [0.2, 0.25) is 0 Å². The minimum atomic E-state index is -0.617. The van der Waals surface area contributed by atoms with E-state index in [2.05, 4.69) is 5.32 Å². The molecule has 7 nitrogen and oxygen atoms in total. The monoisotopic (exact) mass is 397 g/mol. The summed E-state index contributed by atoms with van der Waals surface area (Å²) in [4.78, 5) is 38.6. The zero-order valence-electron chi connectivity index (χ0n) is 17.2. The number of nitrogens with one attached hydrogen (secondary N) is 2. The van der Waals surface area contributed by atoms with Gasteiger partial charge in [-0.15, -0.1) is 0 Å². The maximum absolute atomic E-state index is 13.1. The Bertz CT molecular complexity index is 886. The Balaban J connectivity index is 2.26. The second kappa shape index (κ2) is 9.34. The molecule has 2 aromatic carbocycles. The van der Waals surface area contributed by atoms with Crippen LogP contribution >= 0.6 is 0 Å². The smallest absolute Gasteiger partial charge is 0.274 e. The van der Waals surface area contributed by atoms with E-state index in [-0.39, 0.29) is 24.9 Å². The molecule has 0 saturated carbocycles. The first-order valence-corrected chi connectivity index (χ1v) is 9.30. The van der Waals surface area contributed by atoms with Crippen LogP contribution in [0, 0.1) is 6.92 Å². The average molecular weight is 397 g/mol. The highest BCUT2D eigenvalue weighted by Crippen LogP contribution is 2.15. The van der Waals surface area contributed by atoms with Gasteiger partial charge in [0.1, 0.15) is 6.54 Å². The lowest BCUT2D eigenvalue weighted by Crippen LogP contribution is -2.47. The van der Waals surface area contributed by atoms with E-state index in [1.807, 2.05) is 39.8 Å². The summed E-state index contributed by atoms with van der Waals surface area (Å²) >= 11 is 0. The number of benzene rings is 2. The van der Waals surface area contributed by atoms with Gasteiger partial charge in [-0.3, -0.25) is 19.6 Å². The Labute approximate surface area is 170 Å². The van der Waals surface area contributed by atoms with Crippen LogP contribution in [0.15, 0.2) is 48.5 Å². The van der Waals surface area contributed by atoms with Gasteiger partial charge in [0.25, 0.3) is 11.8 Å². The Morgan fingerprint density at radius 1 is 1.00 bits per heavy atom. The van der Waals surface area contributed by atoms with Crippen molar-refractivity contribution >= 4 is 17.7 Å². The van der Waals surface area contributed by atoms with Gasteiger partial charge in [-0.25, -0.2) is 5.48 Å². The number of hydrogen-bond donors (Lipinski definition) is 3. The van der Waals surface area contributed by atoms with Crippen molar-refractivity contribution in [1.82, 2.24) is 15.7 Å². The molecule has 0 fully saturated rings. The van der Waals surface area contributed by atoms with Crippen LogP contribution in [0.25, 0.3) is 0 Å². The number of nitrogens with zero attached hydrogens (tertiary/aromatic N) is 1. The highest BCUT2D eigenvalue weighted by molar-refractivity contribution is 5.97. The number of hydrogen-bond acceptors (Lipinski definition) is 4. The van der Waals surface area contributed by atoms with E-state index in [0.717, 1.165) is 11.1 Å². The van der Waals surface area contributed by atoms with E-state index in [1.54, 1.807) is 41.9 Å². The summed E-state index contributed by atoms with van der Waals surface area (Å²) in [5, 5.41) is 11.6. The molecule has 3 N–H and O–H groups in total. The molecule has 0 atom stereocenters. The van der Waals surface area contributed by atoms with Gasteiger partial charge >= 0.3 is 0 Å². The quantitative estimate of drug-likeness (QED) is 0.515. The highest BCUT2D eigenvalue weighted by atomic mass is 16.5. The van der Waals surface area contributed by atoms with Crippen LogP contribution in [0.5, 0.6) is 0 Å². The lowest BCUT2D eigenvalue weighted by atomic mass is 10.1. The Morgan fingerprint density at radius 3 is 2.17 bits per heavy atom. The zero-order valence-corrected chi connectivity index (χ0v) is 17.2. The van der Waals surface area contributed by atoms with Crippen molar-refractivity contribution in [3.63, 3.8) is 0 Å². The highest BCUT2D eigenvalue weighted by Gasteiger charge is 2.23. The molecule has 2 rings (SSSR count). The third-order valence-electron chi connectivity index (χ3n) is 4.20. The molecule has 0 bridgehead atoms. The molecule has 0 saturated heterocycles. The van der Waals surface area contributed by atoms with Gasteiger partial charge in [-0.05, 0) is 57.0 Å². The number of carbonyl (C=O) groups excluding carboxylic acids is 3. The van der Waals surface area contributed by atoms with Crippen LogP contribution < -0.4 is 10.8 Å². The molecule has 0 aliphatic heterocycles. The van der Waals surface area contributed by atoms with Gasteiger partial charge in [0.15, 0.2) is 0 Å².